The smallest absolute Gasteiger partial charge is 0.339 e. The van der Waals surface area contributed by atoms with Gasteiger partial charge in [-0.25, -0.2) is 13.2 Å². The number of amides is 1. The highest BCUT2D eigenvalue weighted by molar-refractivity contribution is 7.89. The Kier molecular flexibility index (Phi) is 6.76. The molecule has 2 aromatic rings. The number of hydrazine groups is 1. The van der Waals surface area contributed by atoms with Crippen LogP contribution in [0.5, 0.6) is 5.75 Å². The first-order valence-electron chi connectivity index (χ1n) is 8.39. The summed E-state index contributed by atoms with van der Waals surface area (Å²) in [6.45, 7) is 5.27. The van der Waals surface area contributed by atoms with Gasteiger partial charge in [0.1, 0.15) is 5.75 Å². The Morgan fingerprint density at radius 2 is 1.71 bits per heavy atom. The van der Waals surface area contributed by atoms with Crippen LogP contribution in [-0.4, -0.2) is 33.5 Å². The van der Waals surface area contributed by atoms with Crippen molar-refractivity contribution in [2.45, 2.75) is 31.8 Å². The zero-order valence-corrected chi connectivity index (χ0v) is 16.8. The summed E-state index contributed by atoms with van der Waals surface area (Å²) in [5.74, 6) is -0.972. The van der Waals surface area contributed by atoms with Crippen molar-refractivity contribution in [2.75, 3.05) is 7.11 Å². The molecule has 0 heterocycles. The summed E-state index contributed by atoms with van der Waals surface area (Å²) >= 11 is 0. The molecular weight excluding hydrogens is 384 g/mol. The number of rotatable bonds is 7. The van der Waals surface area contributed by atoms with E-state index in [4.69, 9.17) is 4.74 Å². The van der Waals surface area contributed by atoms with Gasteiger partial charge in [0.2, 0.25) is 0 Å². The fourth-order valence-corrected chi connectivity index (χ4v) is 3.39. The van der Waals surface area contributed by atoms with Gasteiger partial charge in [0.05, 0.1) is 17.6 Å². The highest BCUT2D eigenvalue weighted by Crippen LogP contribution is 2.21. The number of hydrogen-bond donors (Lipinski definition) is 2. The Hall–Kier alpha value is -2.91. The average Bonchev–Trinajstić information content (AvgIpc) is 2.69. The van der Waals surface area contributed by atoms with Gasteiger partial charge in [-0.3, -0.25) is 10.2 Å². The van der Waals surface area contributed by atoms with Gasteiger partial charge in [-0.15, -0.1) is 4.83 Å². The number of methoxy groups -OCH3 is 1. The van der Waals surface area contributed by atoms with Crippen LogP contribution in [-0.2, 0) is 19.6 Å². The van der Waals surface area contributed by atoms with Crippen molar-refractivity contribution in [1.82, 2.24) is 10.3 Å². The van der Waals surface area contributed by atoms with Crippen LogP contribution >= 0.6 is 0 Å². The van der Waals surface area contributed by atoms with Crippen molar-refractivity contribution in [3.8, 4) is 5.75 Å². The van der Waals surface area contributed by atoms with E-state index in [1.807, 2.05) is 24.7 Å². The van der Waals surface area contributed by atoms with Gasteiger partial charge in [0.15, 0.2) is 6.10 Å². The molecule has 2 rings (SSSR count). The largest absolute Gasteiger partial charge is 0.481 e. The Bertz CT molecular complexity index is 988. The number of benzene rings is 2. The summed E-state index contributed by atoms with van der Waals surface area (Å²) in [7, 11) is -3.05. The zero-order chi connectivity index (χ0) is 20.9. The minimum atomic E-state index is -4.20. The summed E-state index contributed by atoms with van der Waals surface area (Å²) < 4.78 is 35.2. The second kappa shape index (κ2) is 8.85. The van der Waals surface area contributed by atoms with E-state index >= 15 is 0 Å². The number of carbonyl (C=O) groups excluding carboxylic acids is 2. The minimum Gasteiger partial charge on any atom is -0.481 e. The van der Waals surface area contributed by atoms with Crippen molar-refractivity contribution in [2.24, 2.45) is 0 Å². The van der Waals surface area contributed by atoms with Crippen molar-refractivity contribution in [1.29, 1.82) is 0 Å². The third kappa shape index (κ3) is 4.87. The highest BCUT2D eigenvalue weighted by Gasteiger charge is 2.24. The number of nitrogens with one attached hydrogen (secondary N) is 2. The SMILES string of the molecule is COC(=O)c1ccccc1S(=O)(=O)NNC(=O)[C@@H](C)Oc1cccc(C)c1C. The number of sulfonamides is 1. The number of hydrogen-bond acceptors (Lipinski definition) is 6. The highest BCUT2D eigenvalue weighted by atomic mass is 32.2. The third-order valence-electron chi connectivity index (χ3n) is 4.12. The van der Waals surface area contributed by atoms with Crippen LogP contribution in [0.2, 0.25) is 0 Å². The van der Waals surface area contributed by atoms with Crippen LogP contribution in [0, 0.1) is 13.8 Å². The lowest BCUT2D eigenvalue weighted by Crippen LogP contribution is -2.47. The van der Waals surface area contributed by atoms with Gasteiger partial charge in [0, 0.05) is 0 Å². The number of aryl methyl sites for hydroxylation is 1. The van der Waals surface area contributed by atoms with Crippen molar-refractivity contribution in [3.05, 3.63) is 59.2 Å². The van der Waals surface area contributed by atoms with Crippen LogP contribution in [0.4, 0.5) is 0 Å². The second-order valence-electron chi connectivity index (χ2n) is 6.04. The molecule has 9 heteroatoms. The molecule has 0 aliphatic carbocycles. The molecule has 0 radical (unpaired) electrons. The van der Waals surface area contributed by atoms with Gasteiger partial charge in [0.25, 0.3) is 15.9 Å². The standard InChI is InChI=1S/C19H22N2O6S/c1-12-8-7-10-16(13(12)2)27-14(3)18(22)20-21-28(24,25)17-11-6-5-9-15(17)19(23)26-4/h5-11,14,21H,1-4H3,(H,20,22)/t14-/m1/s1. The Morgan fingerprint density at radius 1 is 1.04 bits per heavy atom. The molecule has 0 aliphatic heterocycles. The molecule has 28 heavy (non-hydrogen) atoms. The monoisotopic (exact) mass is 406 g/mol. The van der Waals surface area contributed by atoms with Crippen molar-refractivity contribution >= 4 is 21.9 Å². The zero-order valence-electron chi connectivity index (χ0n) is 16.0. The molecule has 2 aromatic carbocycles. The summed E-state index contributed by atoms with van der Waals surface area (Å²) in [6.07, 6.45) is -0.959. The maximum Gasteiger partial charge on any atom is 0.339 e. The van der Waals surface area contributed by atoms with Crippen molar-refractivity contribution in [3.63, 3.8) is 0 Å². The molecule has 0 aromatic heterocycles. The fraction of sp³-hybridized carbons (Fsp3) is 0.263. The van der Waals surface area contributed by atoms with E-state index in [1.54, 1.807) is 12.1 Å². The number of ether oxygens (including phenoxy) is 2. The molecule has 0 saturated carbocycles. The quantitative estimate of drug-likeness (QED) is 0.536. The average molecular weight is 406 g/mol. The summed E-state index contributed by atoms with van der Waals surface area (Å²) in [4.78, 5) is 25.7. The van der Waals surface area contributed by atoms with Gasteiger partial charge in [-0.05, 0) is 50.1 Å². The lowest BCUT2D eigenvalue weighted by Gasteiger charge is -2.17. The molecule has 150 valence electrons. The van der Waals surface area contributed by atoms with E-state index in [2.05, 4.69) is 10.2 Å². The van der Waals surface area contributed by atoms with E-state index in [1.165, 1.54) is 31.2 Å². The Balaban J connectivity index is 2.09. The minimum absolute atomic E-state index is 0.147. The van der Waals surface area contributed by atoms with Crippen LogP contribution in [0.15, 0.2) is 47.4 Å². The summed E-state index contributed by atoms with van der Waals surface area (Å²) in [5, 5.41) is 0. The fourth-order valence-electron chi connectivity index (χ4n) is 2.35. The maximum atomic E-state index is 12.5. The lowest BCUT2D eigenvalue weighted by atomic mass is 10.1. The molecule has 8 nitrogen and oxygen atoms in total. The molecule has 0 saturated heterocycles. The van der Waals surface area contributed by atoms with Crippen LogP contribution in [0.1, 0.15) is 28.4 Å². The molecule has 2 N–H and O–H groups in total. The normalized spacial score (nSPS) is 12.1. The molecule has 0 fully saturated rings. The third-order valence-corrected chi connectivity index (χ3v) is 5.42. The predicted molar refractivity (Wildman–Crippen MR) is 102 cm³/mol. The topological polar surface area (TPSA) is 111 Å². The van der Waals surface area contributed by atoms with E-state index in [0.717, 1.165) is 18.2 Å². The molecule has 1 amide bonds. The van der Waals surface area contributed by atoms with Crippen LogP contribution in [0.25, 0.3) is 0 Å². The number of carbonyl (C=O) groups is 2. The van der Waals surface area contributed by atoms with E-state index in [9.17, 15) is 18.0 Å². The Morgan fingerprint density at radius 3 is 2.39 bits per heavy atom. The summed E-state index contributed by atoms with van der Waals surface area (Å²) in [5.41, 5.74) is 3.85. The van der Waals surface area contributed by atoms with Crippen molar-refractivity contribution < 1.29 is 27.5 Å². The second-order valence-corrected chi connectivity index (χ2v) is 7.69. The molecule has 0 unspecified atom stereocenters. The first-order valence-corrected chi connectivity index (χ1v) is 9.87. The van der Waals surface area contributed by atoms with Gasteiger partial charge in [-0.2, -0.15) is 0 Å². The first kappa shape index (κ1) is 21.4. The van der Waals surface area contributed by atoms with Gasteiger partial charge < -0.3 is 9.47 Å². The van der Waals surface area contributed by atoms with Gasteiger partial charge >= 0.3 is 5.97 Å². The predicted octanol–water partition coefficient (Wildman–Crippen LogP) is 1.87. The molecule has 0 aliphatic rings. The number of esters is 1. The molecular formula is C19H22N2O6S. The van der Waals surface area contributed by atoms with Crippen LogP contribution in [0.3, 0.4) is 0 Å². The Labute approximate surface area is 163 Å². The molecule has 0 bridgehead atoms. The maximum absolute atomic E-state index is 12.5. The molecule has 1 atom stereocenters. The van der Waals surface area contributed by atoms with E-state index in [-0.39, 0.29) is 10.5 Å². The molecule has 0 spiro atoms. The van der Waals surface area contributed by atoms with E-state index < -0.39 is 28.0 Å². The first-order chi connectivity index (χ1) is 13.2. The van der Waals surface area contributed by atoms with Gasteiger partial charge in [-0.1, -0.05) is 24.3 Å². The van der Waals surface area contributed by atoms with Crippen LogP contribution < -0.4 is 15.0 Å². The summed E-state index contributed by atoms with van der Waals surface area (Å²) in [6, 6.07) is 10.9. The van der Waals surface area contributed by atoms with E-state index in [0.29, 0.717) is 5.75 Å². The lowest BCUT2D eigenvalue weighted by molar-refractivity contribution is -0.127.